The Morgan fingerprint density at radius 3 is 1.74 bits per heavy atom. The maximum absolute atomic E-state index is 13.6. The summed E-state index contributed by atoms with van der Waals surface area (Å²) in [6, 6.07) is 1.43. The van der Waals surface area contributed by atoms with Gasteiger partial charge in [-0.25, -0.2) is 9.24 Å². The van der Waals surface area contributed by atoms with Gasteiger partial charge >= 0.3 is 18.0 Å². The maximum atomic E-state index is 13.6. The van der Waals surface area contributed by atoms with Crippen molar-refractivity contribution in [2.75, 3.05) is 0 Å². The molecule has 0 aliphatic heterocycles. The third kappa shape index (κ3) is 2.37. The molecule has 19 heavy (non-hydrogen) atoms. The van der Waals surface area contributed by atoms with Gasteiger partial charge in [0.25, 0.3) is 0 Å². The Morgan fingerprint density at radius 1 is 0.947 bits per heavy atom. The van der Waals surface area contributed by atoms with E-state index < -0.39 is 23.6 Å². The van der Waals surface area contributed by atoms with E-state index in [0.29, 0.717) is 12.1 Å². The van der Waals surface area contributed by atoms with Gasteiger partial charge in [-0.05, 0) is 12.5 Å². The Balaban J connectivity index is 3.54. The Bertz CT molecular complexity index is 507. The molecule has 0 saturated carbocycles. The number of hydrogen-bond acceptors (Lipinski definition) is 0. The van der Waals surface area contributed by atoms with Gasteiger partial charge in [0.15, 0.2) is 5.69 Å². The molecule has 0 heterocycles. The van der Waals surface area contributed by atoms with Crippen LogP contribution in [0.1, 0.15) is 11.1 Å². The topological polar surface area (TPSA) is 4.36 Å². The number of benzene rings is 1. The van der Waals surface area contributed by atoms with Crippen LogP contribution in [0.15, 0.2) is 18.2 Å². The molecule has 1 rings (SSSR count). The van der Waals surface area contributed by atoms with Crippen LogP contribution in [0.3, 0.4) is 0 Å². The fourth-order valence-electron chi connectivity index (χ4n) is 1.48. The third-order valence-electron chi connectivity index (χ3n) is 2.50. The predicted molar refractivity (Wildman–Crippen MR) is 52.3 cm³/mol. The van der Waals surface area contributed by atoms with Gasteiger partial charge in [-0.15, -0.1) is 0 Å². The first-order chi connectivity index (χ1) is 8.45. The van der Waals surface area contributed by atoms with E-state index in [1.54, 1.807) is 0 Å². The summed E-state index contributed by atoms with van der Waals surface area (Å²) >= 11 is 0. The number of hydrogen-bond donors (Lipinski definition) is 0. The lowest BCUT2D eigenvalue weighted by molar-refractivity contribution is -0.348. The van der Waals surface area contributed by atoms with Crippen LogP contribution >= 0.6 is 0 Å². The van der Waals surface area contributed by atoms with Crippen molar-refractivity contribution in [1.29, 1.82) is 0 Å². The van der Waals surface area contributed by atoms with Crippen LogP contribution < -0.4 is 0 Å². The van der Waals surface area contributed by atoms with E-state index in [1.807, 2.05) is 0 Å². The molecule has 0 N–H and O–H groups in total. The summed E-state index contributed by atoms with van der Waals surface area (Å²) in [5, 5.41) is 0. The van der Waals surface area contributed by atoms with Gasteiger partial charge in [-0.3, -0.25) is 0 Å². The summed E-state index contributed by atoms with van der Waals surface area (Å²) in [6.45, 7) is 7.77. The highest BCUT2D eigenvalue weighted by molar-refractivity contribution is 5.54. The lowest BCUT2D eigenvalue weighted by atomic mass is 9.92. The molecule has 0 bridgehead atoms. The second-order valence-electron chi connectivity index (χ2n) is 3.77. The van der Waals surface area contributed by atoms with Crippen molar-refractivity contribution >= 4 is 5.69 Å². The molecule has 1 aromatic rings. The smallest absolute Gasteiger partial charge is 0.238 e. The Morgan fingerprint density at radius 2 is 1.42 bits per heavy atom. The van der Waals surface area contributed by atoms with Crippen LogP contribution in [-0.2, 0) is 5.67 Å². The van der Waals surface area contributed by atoms with E-state index in [1.165, 1.54) is 0 Å². The number of nitrogens with zero attached hydrogens (tertiary/aromatic N) is 1. The van der Waals surface area contributed by atoms with Crippen LogP contribution in [0, 0.1) is 13.5 Å². The summed E-state index contributed by atoms with van der Waals surface area (Å²) in [5.41, 5.74) is -7.35. The molecule has 8 heteroatoms. The molecule has 104 valence electrons. The molecule has 0 aromatic heterocycles. The van der Waals surface area contributed by atoms with Crippen LogP contribution in [-0.4, -0.2) is 12.4 Å². The van der Waals surface area contributed by atoms with E-state index in [-0.39, 0.29) is 11.3 Å². The van der Waals surface area contributed by atoms with Crippen LogP contribution in [0.4, 0.5) is 36.4 Å². The fraction of sp³-hybridized carbons (Fsp3) is 0.364. The first kappa shape index (κ1) is 15.3. The van der Waals surface area contributed by atoms with Gasteiger partial charge in [0.05, 0.1) is 6.57 Å². The summed E-state index contributed by atoms with van der Waals surface area (Å²) in [4.78, 5) is 2.88. The van der Waals surface area contributed by atoms with Crippen molar-refractivity contribution < 1.29 is 30.7 Å². The minimum absolute atomic E-state index is 0.143. The van der Waals surface area contributed by atoms with Gasteiger partial charge in [0.1, 0.15) is 0 Å². The van der Waals surface area contributed by atoms with Gasteiger partial charge in [-0.1, -0.05) is 18.2 Å². The zero-order valence-electron chi connectivity index (χ0n) is 9.33. The molecule has 0 unspecified atom stereocenters. The molecule has 1 aromatic carbocycles. The number of rotatable bonds is 1. The lowest BCUT2D eigenvalue weighted by Crippen LogP contribution is -2.50. The largest absolute Gasteiger partial charge is 0.435 e. The molecule has 0 aliphatic rings. The Labute approximate surface area is 103 Å². The quantitative estimate of drug-likeness (QED) is 0.514. The minimum atomic E-state index is -6.14. The molecule has 1 nitrogen and oxygen atoms in total. The summed E-state index contributed by atoms with van der Waals surface area (Å²) in [6.07, 6.45) is -12.3. The number of aryl methyl sites for hydroxylation is 1. The zero-order valence-corrected chi connectivity index (χ0v) is 9.33. The molecule has 0 saturated heterocycles. The summed E-state index contributed by atoms with van der Waals surface area (Å²) in [7, 11) is 0. The maximum Gasteiger partial charge on any atom is 0.435 e. The van der Waals surface area contributed by atoms with Crippen molar-refractivity contribution in [2.45, 2.75) is 24.9 Å². The second-order valence-corrected chi connectivity index (χ2v) is 3.77. The Kier molecular flexibility index (Phi) is 3.54. The molecule has 0 aliphatic carbocycles. The van der Waals surface area contributed by atoms with Crippen molar-refractivity contribution in [2.24, 2.45) is 0 Å². The highest BCUT2D eigenvalue weighted by Crippen LogP contribution is 2.53. The number of alkyl halides is 7. The molecule has 0 amide bonds. The van der Waals surface area contributed by atoms with Gasteiger partial charge in [0, 0.05) is 5.56 Å². The molecule has 0 atom stereocenters. The van der Waals surface area contributed by atoms with Gasteiger partial charge in [-0.2, -0.15) is 26.3 Å². The van der Waals surface area contributed by atoms with Crippen LogP contribution in [0.25, 0.3) is 4.85 Å². The van der Waals surface area contributed by atoms with Crippen molar-refractivity contribution in [3.63, 3.8) is 0 Å². The molecule has 0 spiro atoms. The SMILES string of the molecule is [C-]#[N+]c1ccc(C(F)(C(F)(F)F)C(F)(F)F)cc1C. The molecule has 0 fully saturated rings. The van der Waals surface area contributed by atoms with Crippen molar-refractivity contribution in [1.82, 2.24) is 0 Å². The van der Waals surface area contributed by atoms with Crippen LogP contribution in [0.2, 0.25) is 0 Å². The average molecular weight is 285 g/mol. The van der Waals surface area contributed by atoms with Crippen molar-refractivity contribution in [3.05, 3.63) is 40.7 Å². The molecular formula is C11H6F7N. The predicted octanol–water partition coefficient (Wildman–Crippen LogP) is 4.84. The fourth-order valence-corrected chi connectivity index (χ4v) is 1.48. The van der Waals surface area contributed by atoms with E-state index in [2.05, 4.69) is 4.85 Å². The van der Waals surface area contributed by atoms with E-state index in [4.69, 9.17) is 6.57 Å². The van der Waals surface area contributed by atoms with Crippen molar-refractivity contribution in [3.8, 4) is 0 Å². The normalized spacial score (nSPS) is 13.2. The van der Waals surface area contributed by atoms with E-state index >= 15 is 0 Å². The van der Waals surface area contributed by atoms with E-state index in [9.17, 15) is 30.7 Å². The lowest BCUT2D eigenvalue weighted by Gasteiger charge is -2.30. The summed E-state index contributed by atoms with van der Waals surface area (Å²) in [5.74, 6) is 0. The van der Waals surface area contributed by atoms with Crippen LogP contribution in [0.5, 0.6) is 0 Å². The van der Waals surface area contributed by atoms with E-state index in [0.717, 1.165) is 13.0 Å². The first-order valence-corrected chi connectivity index (χ1v) is 4.76. The summed E-state index contributed by atoms with van der Waals surface area (Å²) < 4.78 is 88.3. The molecule has 0 radical (unpaired) electrons. The van der Waals surface area contributed by atoms with Gasteiger partial charge in [0.2, 0.25) is 0 Å². The molecular weight excluding hydrogens is 279 g/mol. The monoisotopic (exact) mass is 285 g/mol. The highest BCUT2D eigenvalue weighted by atomic mass is 19.4. The van der Waals surface area contributed by atoms with Gasteiger partial charge < -0.3 is 0 Å². The first-order valence-electron chi connectivity index (χ1n) is 4.76. The third-order valence-corrected chi connectivity index (χ3v) is 2.50. The zero-order chi connectivity index (χ0) is 15.1. The highest BCUT2D eigenvalue weighted by Gasteiger charge is 2.73. The standard InChI is InChI=1S/C11H6F7N/c1-6-5-7(3-4-8(6)19-2)9(12,10(13,14)15)11(16,17)18/h3-5H,1H3. The average Bonchev–Trinajstić information content (AvgIpc) is 2.24. The Hall–Kier alpha value is -1.78. The number of halogens is 7. The second kappa shape index (κ2) is 4.40. The minimum Gasteiger partial charge on any atom is -0.238 e.